The van der Waals surface area contributed by atoms with Gasteiger partial charge >= 0.3 is 0 Å². The lowest BCUT2D eigenvalue weighted by molar-refractivity contribution is 0.0966. The standard InChI is InChI=1S/C11H21N/c1-9(2)10-8-11(4-5-11)6-7-12(10)3/h9-10H,4-8H2,1-3H3. The summed E-state index contributed by atoms with van der Waals surface area (Å²) < 4.78 is 0. The number of nitrogens with zero attached hydrogens (tertiary/aromatic N) is 1. The number of piperidine rings is 1. The summed E-state index contributed by atoms with van der Waals surface area (Å²) in [6.45, 7) is 6.06. The third-order valence-corrected chi connectivity index (χ3v) is 3.93. The van der Waals surface area contributed by atoms with Crippen LogP contribution in [0.5, 0.6) is 0 Å². The van der Waals surface area contributed by atoms with Gasteiger partial charge in [-0.2, -0.15) is 0 Å². The van der Waals surface area contributed by atoms with E-state index in [9.17, 15) is 0 Å². The van der Waals surface area contributed by atoms with Crippen molar-refractivity contribution >= 4 is 0 Å². The maximum Gasteiger partial charge on any atom is 0.0120 e. The van der Waals surface area contributed by atoms with E-state index in [1.807, 2.05) is 0 Å². The molecule has 2 rings (SSSR count). The molecule has 0 bridgehead atoms. The smallest absolute Gasteiger partial charge is 0.0120 e. The average Bonchev–Trinajstić information content (AvgIpc) is 2.76. The van der Waals surface area contributed by atoms with Gasteiger partial charge in [0.15, 0.2) is 0 Å². The minimum Gasteiger partial charge on any atom is -0.303 e. The van der Waals surface area contributed by atoms with Crippen molar-refractivity contribution in [1.82, 2.24) is 4.90 Å². The molecule has 0 aromatic rings. The van der Waals surface area contributed by atoms with Crippen molar-refractivity contribution in [3.8, 4) is 0 Å². The molecule has 1 atom stereocenters. The van der Waals surface area contributed by atoms with Crippen LogP contribution in [0.4, 0.5) is 0 Å². The van der Waals surface area contributed by atoms with Crippen LogP contribution in [-0.4, -0.2) is 24.5 Å². The molecule has 1 unspecified atom stereocenters. The van der Waals surface area contributed by atoms with Gasteiger partial charge in [0.1, 0.15) is 0 Å². The van der Waals surface area contributed by atoms with Crippen LogP contribution in [0, 0.1) is 11.3 Å². The second-order valence-corrected chi connectivity index (χ2v) is 5.25. The number of hydrogen-bond acceptors (Lipinski definition) is 1. The van der Waals surface area contributed by atoms with Gasteiger partial charge in [-0.05, 0) is 50.6 Å². The molecule has 0 N–H and O–H groups in total. The fourth-order valence-corrected chi connectivity index (χ4v) is 2.66. The molecular weight excluding hydrogens is 146 g/mol. The summed E-state index contributed by atoms with van der Waals surface area (Å²) in [5.74, 6) is 0.841. The molecule has 0 aromatic carbocycles. The Hall–Kier alpha value is -0.0400. The van der Waals surface area contributed by atoms with Gasteiger partial charge in [-0.3, -0.25) is 0 Å². The summed E-state index contributed by atoms with van der Waals surface area (Å²) in [6.07, 6.45) is 5.97. The van der Waals surface area contributed by atoms with Crippen LogP contribution in [0.2, 0.25) is 0 Å². The molecule has 0 amide bonds. The predicted molar refractivity (Wildman–Crippen MR) is 52.2 cm³/mol. The Morgan fingerprint density at radius 3 is 2.42 bits per heavy atom. The summed E-state index contributed by atoms with van der Waals surface area (Å²) >= 11 is 0. The van der Waals surface area contributed by atoms with Gasteiger partial charge in [0.25, 0.3) is 0 Å². The van der Waals surface area contributed by atoms with Gasteiger partial charge in [0.2, 0.25) is 0 Å². The number of hydrogen-bond donors (Lipinski definition) is 0. The van der Waals surface area contributed by atoms with Crippen molar-refractivity contribution < 1.29 is 0 Å². The molecule has 2 fully saturated rings. The molecule has 1 saturated heterocycles. The Labute approximate surface area is 76.1 Å². The first-order chi connectivity index (χ1) is 5.63. The molecule has 1 aliphatic heterocycles. The summed E-state index contributed by atoms with van der Waals surface area (Å²) in [7, 11) is 2.29. The van der Waals surface area contributed by atoms with Crippen molar-refractivity contribution in [3.63, 3.8) is 0 Å². The lowest BCUT2D eigenvalue weighted by Crippen LogP contribution is -2.43. The van der Waals surface area contributed by atoms with E-state index in [1.54, 1.807) is 0 Å². The van der Waals surface area contributed by atoms with Gasteiger partial charge in [0, 0.05) is 6.04 Å². The first-order valence-electron chi connectivity index (χ1n) is 5.33. The maximum absolute atomic E-state index is 2.56. The maximum atomic E-state index is 2.56. The van der Waals surface area contributed by atoms with Crippen LogP contribution >= 0.6 is 0 Å². The topological polar surface area (TPSA) is 3.24 Å². The Kier molecular flexibility index (Phi) is 1.95. The van der Waals surface area contributed by atoms with Crippen molar-refractivity contribution in [3.05, 3.63) is 0 Å². The van der Waals surface area contributed by atoms with E-state index in [0.29, 0.717) is 0 Å². The summed E-state index contributed by atoms with van der Waals surface area (Å²) in [6, 6.07) is 0.862. The molecule has 1 saturated carbocycles. The molecule has 2 aliphatic rings. The Bertz CT molecular complexity index is 170. The highest BCUT2D eigenvalue weighted by Crippen LogP contribution is 2.55. The highest BCUT2D eigenvalue weighted by molar-refractivity contribution is 5.00. The number of rotatable bonds is 1. The lowest BCUT2D eigenvalue weighted by atomic mass is 9.83. The van der Waals surface area contributed by atoms with Gasteiger partial charge in [0.05, 0.1) is 0 Å². The largest absolute Gasteiger partial charge is 0.303 e. The average molecular weight is 167 g/mol. The monoisotopic (exact) mass is 167 g/mol. The zero-order chi connectivity index (χ0) is 8.77. The fourth-order valence-electron chi connectivity index (χ4n) is 2.66. The van der Waals surface area contributed by atoms with E-state index in [4.69, 9.17) is 0 Å². The van der Waals surface area contributed by atoms with E-state index in [0.717, 1.165) is 17.4 Å². The van der Waals surface area contributed by atoms with Gasteiger partial charge < -0.3 is 4.90 Å². The van der Waals surface area contributed by atoms with Crippen LogP contribution in [0.3, 0.4) is 0 Å². The predicted octanol–water partition coefficient (Wildman–Crippen LogP) is 2.52. The van der Waals surface area contributed by atoms with Crippen LogP contribution in [-0.2, 0) is 0 Å². The molecule has 1 heterocycles. The van der Waals surface area contributed by atoms with Crippen LogP contribution < -0.4 is 0 Å². The van der Waals surface area contributed by atoms with Crippen molar-refractivity contribution in [2.75, 3.05) is 13.6 Å². The molecule has 0 radical (unpaired) electrons. The van der Waals surface area contributed by atoms with E-state index >= 15 is 0 Å². The zero-order valence-electron chi connectivity index (χ0n) is 8.64. The van der Waals surface area contributed by atoms with Crippen molar-refractivity contribution in [1.29, 1.82) is 0 Å². The quantitative estimate of drug-likeness (QED) is 0.580. The van der Waals surface area contributed by atoms with Gasteiger partial charge in [-0.15, -0.1) is 0 Å². The first-order valence-corrected chi connectivity index (χ1v) is 5.33. The summed E-state index contributed by atoms with van der Waals surface area (Å²) in [5, 5.41) is 0. The second kappa shape index (κ2) is 2.73. The summed E-state index contributed by atoms with van der Waals surface area (Å²) in [4.78, 5) is 2.56. The Morgan fingerprint density at radius 2 is 1.92 bits per heavy atom. The van der Waals surface area contributed by atoms with E-state index in [1.165, 1.54) is 32.2 Å². The third-order valence-electron chi connectivity index (χ3n) is 3.93. The summed E-state index contributed by atoms with van der Waals surface area (Å²) in [5.41, 5.74) is 0.821. The molecule has 12 heavy (non-hydrogen) atoms. The second-order valence-electron chi connectivity index (χ2n) is 5.25. The van der Waals surface area contributed by atoms with Gasteiger partial charge in [-0.1, -0.05) is 13.8 Å². The normalized spacial score (nSPS) is 34.5. The highest BCUT2D eigenvalue weighted by atomic mass is 15.1. The van der Waals surface area contributed by atoms with Crippen LogP contribution in [0.15, 0.2) is 0 Å². The molecular formula is C11H21N. The zero-order valence-corrected chi connectivity index (χ0v) is 8.64. The molecule has 1 nitrogen and oxygen atoms in total. The Morgan fingerprint density at radius 1 is 1.25 bits per heavy atom. The highest BCUT2D eigenvalue weighted by Gasteiger charge is 2.47. The Balaban J connectivity index is 2.00. The van der Waals surface area contributed by atoms with Crippen LogP contribution in [0.25, 0.3) is 0 Å². The van der Waals surface area contributed by atoms with Gasteiger partial charge in [-0.25, -0.2) is 0 Å². The van der Waals surface area contributed by atoms with Crippen LogP contribution in [0.1, 0.15) is 39.5 Å². The lowest BCUT2D eigenvalue weighted by Gasteiger charge is -2.39. The molecule has 1 aliphatic carbocycles. The third kappa shape index (κ3) is 1.39. The number of likely N-dealkylation sites (tertiary alicyclic amines) is 1. The van der Waals surface area contributed by atoms with E-state index in [2.05, 4.69) is 25.8 Å². The van der Waals surface area contributed by atoms with Crippen molar-refractivity contribution in [2.24, 2.45) is 11.3 Å². The SMILES string of the molecule is CC(C)C1CC2(CCN1C)CC2. The minimum absolute atomic E-state index is 0.821. The van der Waals surface area contributed by atoms with Crippen molar-refractivity contribution in [2.45, 2.75) is 45.6 Å². The fraction of sp³-hybridized carbons (Fsp3) is 1.00. The molecule has 1 heteroatoms. The molecule has 70 valence electrons. The molecule has 1 spiro atoms. The first kappa shape index (κ1) is 8.55. The van der Waals surface area contributed by atoms with E-state index in [-0.39, 0.29) is 0 Å². The minimum atomic E-state index is 0.821. The van der Waals surface area contributed by atoms with E-state index < -0.39 is 0 Å². The molecule has 0 aromatic heterocycles.